The Hall–Kier alpha value is -4.19. The van der Waals surface area contributed by atoms with Crippen LogP contribution in [0.1, 0.15) is 271 Å². The number of esters is 3. The maximum atomic E-state index is 12.9. The predicted molar refractivity (Wildman–Crippen MR) is 320 cm³/mol. The summed E-state index contributed by atoms with van der Waals surface area (Å²) >= 11 is 0. The van der Waals surface area contributed by atoms with Gasteiger partial charge in [0.25, 0.3) is 0 Å². The molecule has 0 aliphatic rings. The van der Waals surface area contributed by atoms with E-state index >= 15 is 0 Å². The second kappa shape index (κ2) is 61.4. The topological polar surface area (TPSA) is 78.9 Å². The SMILES string of the molecule is CC/C=C\C/C=C\C/C=C\C/C=C\C/C=C\CCCCCC(=O)OCC(COC(=O)CCCCCCC/C=C\CCCCCCCCCCC)OC(=O)CCCCCCCC/C=C\C/C=C\C/C=C\C/C=C\CC. The summed E-state index contributed by atoms with van der Waals surface area (Å²) in [5.74, 6) is -0.954. The molecule has 420 valence electrons. The highest BCUT2D eigenvalue weighted by atomic mass is 16.6. The molecule has 0 saturated heterocycles. The molecule has 0 aromatic heterocycles. The highest BCUT2D eigenvalue weighted by molar-refractivity contribution is 5.71. The molecule has 6 nitrogen and oxygen atoms in total. The van der Waals surface area contributed by atoms with Crippen molar-refractivity contribution in [3.63, 3.8) is 0 Å². The molecule has 0 aromatic carbocycles. The van der Waals surface area contributed by atoms with Crippen LogP contribution in [0, 0.1) is 0 Å². The molecule has 0 aliphatic heterocycles. The van der Waals surface area contributed by atoms with Gasteiger partial charge in [0.15, 0.2) is 6.10 Å². The van der Waals surface area contributed by atoms with Gasteiger partial charge in [0.05, 0.1) is 0 Å². The summed E-state index contributed by atoms with van der Waals surface area (Å²) in [5.41, 5.74) is 0. The Bertz CT molecular complexity index is 1550. The maximum absolute atomic E-state index is 12.9. The molecule has 0 N–H and O–H groups in total. The third-order valence-electron chi connectivity index (χ3n) is 12.7. The molecule has 0 aromatic rings. The second-order valence-corrected chi connectivity index (χ2v) is 19.8. The summed E-state index contributed by atoms with van der Waals surface area (Å²) in [4.78, 5) is 38.3. The van der Waals surface area contributed by atoms with Crippen molar-refractivity contribution in [3.8, 4) is 0 Å². The minimum Gasteiger partial charge on any atom is -0.462 e. The third-order valence-corrected chi connectivity index (χ3v) is 12.7. The Labute approximate surface area is 456 Å². The molecule has 0 bridgehead atoms. The van der Waals surface area contributed by atoms with E-state index in [0.717, 1.165) is 148 Å². The molecule has 6 heteroatoms. The first-order valence-corrected chi connectivity index (χ1v) is 30.5. The molecule has 0 heterocycles. The van der Waals surface area contributed by atoms with Gasteiger partial charge in [-0.1, -0.05) is 245 Å². The van der Waals surface area contributed by atoms with Crippen LogP contribution in [0.15, 0.2) is 122 Å². The van der Waals surface area contributed by atoms with Crippen molar-refractivity contribution in [1.82, 2.24) is 0 Å². The number of hydrogen-bond donors (Lipinski definition) is 0. The Kier molecular flexibility index (Phi) is 57.9. The molecular formula is C68H112O6. The van der Waals surface area contributed by atoms with Crippen molar-refractivity contribution in [2.75, 3.05) is 13.2 Å². The van der Waals surface area contributed by atoms with Gasteiger partial charge in [0, 0.05) is 19.3 Å². The fourth-order valence-corrected chi connectivity index (χ4v) is 8.16. The van der Waals surface area contributed by atoms with Crippen LogP contribution in [0.4, 0.5) is 0 Å². The quantitative estimate of drug-likeness (QED) is 0.0261. The molecular weight excluding hydrogens is 913 g/mol. The highest BCUT2D eigenvalue weighted by Gasteiger charge is 2.19. The number of allylic oxidation sites excluding steroid dienone is 20. The lowest BCUT2D eigenvalue weighted by Gasteiger charge is -2.18. The average Bonchev–Trinajstić information content (AvgIpc) is 3.40. The van der Waals surface area contributed by atoms with Crippen LogP contribution in [0.2, 0.25) is 0 Å². The number of unbranched alkanes of at least 4 members (excludes halogenated alkanes) is 23. The van der Waals surface area contributed by atoms with Crippen LogP contribution in [0.5, 0.6) is 0 Å². The van der Waals surface area contributed by atoms with E-state index in [-0.39, 0.29) is 31.1 Å². The van der Waals surface area contributed by atoms with Crippen molar-refractivity contribution >= 4 is 17.9 Å². The van der Waals surface area contributed by atoms with Gasteiger partial charge in [0.2, 0.25) is 0 Å². The predicted octanol–water partition coefficient (Wildman–Crippen LogP) is 20.8. The Morgan fingerprint density at radius 3 is 0.851 bits per heavy atom. The van der Waals surface area contributed by atoms with Crippen molar-refractivity contribution in [2.45, 2.75) is 277 Å². The largest absolute Gasteiger partial charge is 0.462 e. The third kappa shape index (κ3) is 58.7. The highest BCUT2D eigenvalue weighted by Crippen LogP contribution is 2.14. The number of hydrogen-bond acceptors (Lipinski definition) is 6. The summed E-state index contributed by atoms with van der Waals surface area (Å²) < 4.78 is 16.9. The number of ether oxygens (including phenoxy) is 3. The lowest BCUT2D eigenvalue weighted by Crippen LogP contribution is -2.30. The zero-order valence-electron chi connectivity index (χ0n) is 48.1. The molecule has 0 amide bonds. The summed E-state index contributed by atoms with van der Waals surface area (Å²) in [5, 5.41) is 0. The second-order valence-electron chi connectivity index (χ2n) is 19.8. The van der Waals surface area contributed by atoms with Gasteiger partial charge < -0.3 is 14.2 Å². The fourth-order valence-electron chi connectivity index (χ4n) is 8.16. The Morgan fingerprint density at radius 1 is 0.284 bits per heavy atom. The zero-order chi connectivity index (χ0) is 53.6. The zero-order valence-corrected chi connectivity index (χ0v) is 48.1. The van der Waals surface area contributed by atoms with Crippen LogP contribution in [0.25, 0.3) is 0 Å². The molecule has 0 rings (SSSR count). The summed E-state index contributed by atoms with van der Waals surface area (Å²) in [6.45, 7) is 6.38. The lowest BCUT2D eigenvalue weighted by atomic mass is 10.1. The first-order valence-electron chi connectivity index (χ1n) is 30.5. The normalized spacial score (nSPS) is 13.0. The standard InChI is InChI=1S/C68H112O6/c1-4-7-10-13-16-19-22-25-28-31-34-37-40-43-46-49-52-55-58-61-67(70)73-64-65(63-72-66(69)60-57-54-51-48-45-42-39-36-33-30-27-24-21-18-15-12-9-6-3)74-68(71)62-59-56-53-50-47-44-41-38-35-32-29-26-23-20-17-14-11-8-5-2/h7-8,10-11,16-17,19-20,25-26,28-29,34-39,43,46,65H,4-6,9,12-15,18,21-24,27,30-33,40-42,44-45,47-64H2,1-3H3/b10-7-,11-8-,19-16-,20-17-,28-25-,29-26-,37-34-,38-35-,39-36-,46-43-. The molecule has 0 saturated carbocycles. The molecule has 0 aliphatic carbocycles. The summed E-state index contributed by atoms with van der Waals surface area (Å²) in [6, 6.07) is 0. The van der Waals surface area contributed by atoms with Crippen LogP contribution >= 0.6 is 0 Å². The smallest absolute Gasteiger partial charge is 0.306 e. The summed E-state index contributed by atoms with van der Waals surface area (Å²) in [6.07, 6.45) is 84.8. The Morgan fingerprint density at radius 2 is 0.527 bits per heavy atom. The van der Waals surface area contributed by atoms with E-state index < -0.39 is 6.10 Å². The van der Waals surface area contributed by atoms with Crippen LogP contribution < -0.4 is 0 Å². The van der Waals surface area contributed by atoms with Crippen molar-refractivity contribution in [3.05, 3.63) is 122 Å². The minimum absolute atomic E-state index is 0.101. The van der Waals surface area contributed by atoms with Crippen LogP contribution in [0.3, 0.4) is 0 Å². The van der Waals surface area contributed by atoms with E-state index in [1.54, 1.807) is 0 Å². The van der Waals surface area contributed by atoms with Crippen LogP contribution in [-0.2, 0) is 28.6 Å². The van der Waals surface area contributed by atoms with E-state index in [0.29, 0.717) is 19.3 Å². The summed E-state index contributed by atoms with van der Waals surface area (Å²) in [7, 11) is 0. The molecule has 0 radical (unpaired) electrons. The average molecular weight is 1030 g/mol. The van der Waals surface area contributed by atoms with E-state index in [1.165, 1.54) is 83.5 Å². The van der Waals surface area contributed by atoms with Gasteiger partial charge in [0.1, 0.15) is 13.2 Å². The van der Waals surface area contributed by atoms with Gasteiger partial charge in [-0.05, 0) is 128 Å². The van der Waals surface area contributed by atoms with Gasteiger partial charge in [-0.2, -0.15) is 0 Å². The Balaban J connectivity index is 4.50. The van der Waals surface area contributed by atoms with E-state index in [1.807, 2.05) is 0 Å². The van der Waals surface area contributed by atoms with Crippen LogP contribution in [-0.4, -0.2) is 37.2 Å². The molecule has 74 heavy (non-hydrogen) atoms. The molecule has 0 fully saturated rings. The van der Waals surface area contributed by atoms with Gasteiger partial charge >= 0.3 is 17.9 Å². The monoisotopic (exact) mass is 1020 g/mol. The number of rotatable bonds is 54. The lowest BCUT2D eigenvalue weighted by molar-refractivity contribution is -0.167. The first-order chi connectivity index (χ1) is 36.5. The minimum atomic E-state index is -0.808. The fraction of sp³-hybridized carbons (Fsp3) is 0.662. The molecule has 0 spiro atoms. The molecule has 1 atom stereocenters. The first kappa shape index (κ1) is 69.8. The van der Waals surface area contributed by atoms with Gasteiger partial charge in [-0.3, -0.25) is 14.4 Å². The van der Waals surface area contributed by atoms with E-state index in [2.05, 4.69) is 142 Å². The number of carbonyl (C=O) groups is 3. The van der Waals surface area contributed by atoms with Crippen molar-refractivity contribution in [1.29, 1.82) is 0 Å². The molecule has 1 unspecified atom stereocenters. The van der Waals surface area contributed by atoms with Gasteiger partial charge in [-0.25, -0.2) is 0 Å². The maximum Gasteiger partial charge on any atom is 0.306 e. The van der Waals surface area contributed by atoms with Crippen molar-refractivity contribution in [2.24, 2.45) is 0 Å². The van der Waals surface area contributed by atoms with E-state index in [9.17, 15) is 14.4 Å². The number of carbonyl (C=O) groups excluding carboxylic acids is 3. The van der Waals surface area contributed by atoms with Crippen molar-refractivity contribution < 1.29 is 28.6 Å². The van der Waals surface area contributed by atoms with E-state index in [4.69, 9.17) is 14.2 Å². The van der Waals surface area contributed by atoms with Gasteiger partial charge in [-0.15, -0.1) is 0 Å².